The number of hydrogen-bond acceptors (Lipinski definition) is 6. The first kappa shape index (κ1) is 22.1. The van der Waals surface area contributed by atoms with Gasteiger partial charge in [-0.3, -0.25) is 9.59 Å². The van der Waals surface area contributed by atoms with E-state index in [-0.39, 0.29) is 12.5 Å². The molecule has 0 saturated heterocycles. The van der Waals surface area contributed by atoms with Crippen molar-refractivity contribution in [1.29, 1.82) is 0 Å². The molecule has 27 heavy (non-hydrogen) atoms. The third-order valence-corrected chi connectivity index (χ3v) is 3.41. The monoisotopic (exact) mass is 378 g/mol. The molecule has 0 aliphatic heterocycles. The molecule has 0 spiro atoms. The molecule has 8 heteroatoms. The Balaban J connectivity index is 2.47. The van der Waals surface area contributed by atoms with Crippen LogP contribution in [0.25, 0.3) is 0 Å². The van der Waals surface area contributed by atoms with Crippen LogP contribution in [0.5, 0.6) is 0 Å². The lowest BCUT2D eigenvalue weighted by Gasteiger charge is -2.20. The minimum Gasteiger partial charge on any atom is -0.462 e. The van der Waals surface area contributed by atoms with E-state index in [1.54, 1.807) is 27.7 Å². The third kappa shape index (κ3) is 7.47. The quantitative estimate of drug-likeness (QED) is 0.701. The molecular formula is C19H26N2O6. The van der Waals surface area contributed by atoms with Crippen LogP contribution in [0.15, 0.2) is 24.3 Å². The van der Waals surface area contributed by atoms with Crippen molar-refractivity contribution >= 4 is 29.4 Å². The molecule has 148 valence electrons. The van der Waals surface area contributed by atoms with Gasteiger partial charge in [-0.05, 0) is 38.1 Å². The number of anilines is 1. The molecule has 2 N–H and O–H groups in total. The van der Waals surface area contributed by atoms with Crippen LogP contribution in [0.1, 0.15) is 45.0 Å². The lowest BCUT2D eigenvalue weighted by molar-refractivity contribution is -0.150. The van der Waals surface area contributed by atoms with E-state index in [0.717, 1.165) is 0 Å². The highest BCUT2D eigenvalue weighted by atomic mass is 16.5. The second-order valence-electron chi connectivity index (χ2n) is 6.90. The molecular weight excluding hydrogens is 352 g/mol. The fraction of sp³-hybridized carbons (Fsp3) is 0.474. The normalized spacial score (nSPS) is 11.9. The van der Waals surface area contributed by atoms with E-state index in [9.17, 15) is 19.2 Å². The summed E-state index contributed by atoms with van der Waals surface area (Å²) in [7, 11) is 0. The van der Waals surface area contributed by atoms with Crippen LogP contribution in [0.3, 0.4) is 0 Å². The van der Waals surface area contributed by atoms with Gasteiger partial charge in [0.25, 0.3) is 5.91 Å². The Morgan fingerprint density at radius 3 is 2.15 bits per heavy atom. The third-order valence-electron chi connectivity index (χ3n) is 3.41. The Bertz CT molecular complexity index is 691. The average molecular weight is 378 g/mol. The molecule has 0 aliphatic carbocycles. The molecule has 0 aromatic heterocycles. The molecule has 2 amide bonds. The zero-order valence-electron chi connectivity index (χ0n) is 16.3. The van der Waals surface area contributed by atoms with Crippen molar-refractivity contribution in [3.8, 4) is 0 Å². The maximum absolute atomic E-state index is 11.9. The fourth-order valence-corrected chi connectivity index (χ4v) is 1.83. The van der Waals surface area contributed by atoms with Gasteiger partial charge in [0.05, 0.1) is 12.2 Å². The second kappa shape index (κ2) is 9.70. The highest BCUT2D eigenvalue weighted by Crippen LogP contribution is 2.13. The number of hydrogen-bond donors (Lipinski definition) is 2. The molecule has 0 heterocycles. The van der Waals surface area contributed by atoms with Crippen LogP contribution in [-0.4, -0.2) is 43.0 Å². The molecule has 1 rings (SSSR count). The van der Waals surface area contributed by atoms with Crippen molar-refractivity contribution in [2.75, 3.05) is 18.5 Å². The number of rotatable bonds is 7. The molecule has 0 fully saturated rings. The van der Waals surface area contributed by atoms with Crippen LogP contribution in [0.2, 0.25) is 0 Å². The molecule has 1 aromatic rings. The van der Waals surface area contributed by atoms with Gasteiger partial charge in [-0.1, -0.05) is 20.8 Å². The fourth-order valence-electron chi connectivity index (χ4n) is 1.83. The highest BCUT2D eigenvalue weighted by molar-refractivity contribution is 5.95. The lowest BCUT2D eigenvalue weighted by atomic mass is 9.95. The maximum Gasteiger partial charge on any atom is 0.338 e. The first-order valence-corrected chi connectivity index (χ1v) is 8.59. The number of ether oxygens (including phenoxy) is 2. The van der Waals surface area contributed by atoms with Crippen LogP contribution < -0.4 is 10.6 Å². The van der Waals surface area contributed by atoms with Crippen molar-refractivity contribution in [3.05, 3.63) is 29.8 Å². The Kier molecular flexibility index (Phi) is 7.96. The Morgan fingerprint density at radius 1 is 1.04 bits per heavy atom. The summed E-state index contributed by atoms with van der Waals surface area (Å²) in [6.45, 7) is 8.15. The van der Waals surface area contributed by atoms with Crippen molar-refractivity contribution in [2.45, 2.75) is 40.7 Å². The number of carbonyl (C=O) groups is 4. The number of nitrogens with one attached hydrogen (secondary N) is 2. The van der Waals surface area contributed by atoms with Crippen LogP contribution in [-0.2, 0) is 23.9 Å². The summed E-state index contributed by atoms with van der Waals surface area (Å²) in [6.07, 6.45) is 0. The molecule has 1 unspecified atom stereocenters. The zero-order chi connectivity index (χ0) is 20.6. The van der Waals surface area contributed by atoms with Gasteiger partial charge >= 0.3 is 11.9 Å². The molecule has 0 aliphatic rings. The Labute approximate surface area is 158 Å². The van der Waals surface area contributed by atoms with Crippen LogP contribution >= 0.6 is 0 Å². The van der Waals surface area contributed by atoms with E-state index in [1.807, 2.05) is 0 Å². The van der Waals surface area contributed by atoms with Gasteiger partial charge in [0.15, 0.2) is 6.61 Å². The Hall–Kier alpha value is -2.90. The van der Waals surface area contributed by atoms with Crippen molar-refractivity contribution in [1.82, 2.24) is 5.32 Å². The second-order valence-corrected chi connectivity index (χ2v) is 6.90. The minimum absolute atomic E-state index is 0.275. The number of carbonyl (C=O) groups excluding carboxylic acids is 4. The van der Waals surface area contributed by atoms with E-state index in [0.29, 0.717) is 11.3 Å². The van der Waals surface area contributed by atoms with Gasteiger partial charge in [0.1, 0.15) is 6.04 Å². The SMILES string of the molecule is CCOC(=O)c1ccc(NC(=O)COC(=O)C(C)NC(=O)C(C)(C)C)cc1. The first-order chi connectivity index (χ1) is 12.5. The van der Waals surface area contributed by atoms with Gasteiger partial charge in [0, 0.05) is 11.1 Å². The summed E-state index contributed by atoms with van der Waals surface area (Å²) in [5.74, 6) is -1.99. The van der Waals surface area contributed by atoms with Gasteiger partial charge in [0.2, 0.25) is 5.91 Å². The molecule has 0 bridgehead atoms. The van der Waals surface area contributed by atoms with Crippen molar-refractivity contribution in [3.63, 3.8) is 0 Å². The summed E-state index contributed by atoms with van der Waals surface area (Å²) in [5.41, 5.74) is 0.171. The largest absolute Gasteiger partial charge is 0.462 e. The predicted molar refractivity (Wildman–Crippen MR) is 99.0 cm³/mol. The lowest BCUT2D eigenvalue weighted by Crippen LogP contribution is -2.45. The van der Waals surface area contributed by atoms with E-state index >= 15 is 0 Å². The summed E-state index contributed by atoms with van der Waals surface area (Å²) >= 11 is 0. The number of esters is 2. The van der Waals surface area contributed by atoms with Crippen LogP contribution in [0, 0.1) is 5.41 Å². The Morgan fingerprint density at radius 2 is 1.63 bits per heavy atom. The van der Waals surface area contributed by atoms with E-state index in [2.05, 4.69) is 10.6 Å². The van der Waals surface area contributed by atoms with Gasteiger partial charge < -0.3 is 20.1 Å². The van der Waals surface area contributed by atoms with Gasteiger partial charge in [-0.15, -0.1) is 0 Å². The predicted octanol–water partition coefficient (Wildman–Crippen LogP) is 1.90. The first-order valence-electron chi connectivity index (χ1n) is 8.59. The number of amides is 2. The summed E-state index contributed by atoms with van der Waals surface area (Å²) in [4.78, 5) is 47.2. The minimum atomic E-state index is -0.867. The molecule has 8 nitrogen and oxygen atoms in total. The molecule has 1 atom stereocenters. The van der Waals surface area contributed by atoms with Gasteiger partial charge in [-0.2, -0.15) is 0 Å². The van der Waals surface area contributed by atoms with E-state index < -0.39 is 35.9 Å². The summed E-state index contributed by atoms with van der Waals surface area (Å²) < 4.78 is 9.78. The van der Waals surface area contributed by atoms with Crippen LogP contribution in [0.4, 0.5) is 5.69 Å². The topological polar surface area (TPSA) is 111 Å². The molecule has 0 saturated carbocycles. The highest BCUT2D eigenvalue weighted by Gasteiger charge is 2.26. The molecule has 1 aromatic carbocycles. The average Bonchev–Trinajstić information content (AvgIpc) is 2.59. The van der Waals surface area contributed by atoms with Crippen molar-refractivity contribution < 1.29 is 28.7 Å². The number of benzene rings is 1. The standard InChI is InChI=1S/C19H26N2O6/c1-6-26-17(24)13-7-9-14(10-8-13)21-15(22)11-27-16(23)12(2)20-18(25)19(3,4)5/h7-10,12H,6,11H2,1-5H3,(H,20,25)(H,21,22). The van der Waals surface area contributed by atoms with Gasteiger partial charge in [-0.25, -0.2) is 9.59 Å². The van der Waals surface area contributed by atoms with E-state index in [4.69, 9.17) is 9.47 Å². The van der Waals surface area contributed by atoms with Crippen molar-refractivity contribution in [2.24, 2.45) is 5.41 Å². The summed E-state index contributed by atoms with van der Waals surface area (Å²) in [6, 6.07) is 5.25. The molecule has 0 radical (unpaired) electrons. The maximum atomic E-state index is 11.9. The zero-order valence-corrected chi connectivity index (χ0v) is 16.3. The van der Waals surface area contributed by atoms with E-state index in [1.165, 1.54) is 31.2 Å². The summed E-state index contributed by atoms with van der Waals surface area (Å²) in [5, 5.41) is 5.07. The smallest absolute Gasteiger partial charge is 0.338 e.